The van der Waals surface area contributed by atoms with E-state index in [1.54, 1.807) is 18.2 Å². The van der Waals surface area contributed by atoms with E-state index in [1.165, 1.54) is 0 Å². The first-order chi connectivity index (χ1) is 15.8. The van der Waals surface area contributed by atoms with Crippen LogP contribution in [-0.2, 0) is 9.59 Å². The third-order valence-corrected chi connectivity index (χ3v) is 5.49. The lowest BCUT2D eigenvalue weighted by Gasteiger charge is -2.13. The number of carbonyl (C=O) groups excluding carboxylic acids is 3. The molecule has 0 heterocycles. The third-order valence-electron chi connectivity index (χ3n) is 4.99. The summed E-state index contributed by atoms with van der Waals surface area (Å²) < 4.78 is 6.49. The van der Waals surface area contributed by atoms with Crippen LogP contribution in [0.1, 0.15) is 66.9 Å². The summed E-state index contributed by atoms with van der Waals surface area (Å²) in [6.07, 6.45) is 4.20. The van der Waals surface area contributed by atoms with Crippen LogP contribution in [0.4, 0.5) is 5.69 Å². The van der Waals surface area contributed by atoms with Gasteiger partial charge in [0.05, 0.1) is 12.2 Å². The Hall–Kier alpha value is -2.87. The van der Waals surface area contributed by atoms with Crippen molar-refractivity contribution in [2.45, 2.75) is 59.3 Å². The second-order valence-corrected chi connectivity index (χ2v) is 8.83. The van der Waals surface area contributed by atoms with Crippen molar-refractivity contribution >= 4 is 39.3 Å². The predicted molar refractivity (Wildman–Crippen MR) is 133 cm³/mol. The Morgan fingerprint density at radius 2 is 1.67 bits per heavy atom. The molecule has 0 aromatic heterocycles. The molecule has 33 heavy (non-hydrogen) atoms. The molecule has 0 radical (unpaired) electrons. The number of benzene rings is 2. The van der Waals surface area contributed by atoms with Crippen molar-refractivity contribution in [2.75, 3.05) is 11.9 Å². The second-order valence-electron chi connectivity index (χ2n) is 7.92. The maximum absolute atomic E-state index is 12.6. The van der Waals surface area contributed by atoms with Gasteiger partial charge in [0.1, 0.15) is 5.75 Å². The maximum atomic E-state index is 12.6. The lowest BCUT2D eigenvalue weighted by molar-refractivity contribution is -0.124. The minimum atomic E-state index is -0.493. The second kappa shape index (κ2) is 13.6. The van der Waals surface area contributed by atoms with Crippen molar-refractivity contribution in [1.82, 2.24) is 10.9 Å². The number of aryl methyl sites for hydroxylation is 2. The Kier molecular flexibility index (Phi) is 10.9. The minimum absolute atomic E-state index is 0.00196. The smallest absolute Gasteiger partial charge is 0.273 e. The summed E-state index contributed by atoms with van der Waals surface area (Å²) in [6.45, 7) is 6.55. The van der Waals surface area contributed by atoms with Gasteiger partial charge in [0.2, 0.25) is 11.8 Å². The van der Waals surface area contributed by atoms with E-state index < -0.39 is 11.8 Å². The van der Waals surface area contributed by atoms with E-state index in [0.29, 0.717) is 17.9 Å². The molecule has 0 aliphatic carbocycles. The monoisotopic (exact) mass is 517 g/mol. The van der Waals surface area contributed by atoms with Gasteiger partial charge in [0.25, 0.3) is 5.91 Å². The molecule has 2 aromatic rings. The number of anilines is 1. The van der Waals surface area contributed by atoms with Crippen molar-refractivity contribution in [3.8, 4) is 5.75 Å². The molecule has 0 aliphatic heterocycles. The molecule has 0 atom stereocenters. The molecule has 0 saturated carbocycles. The number of amides is 3. The van der Waals surface area contributed by atoms with Gasteiger partial charge in [-0.3, -0.25) is 25.2 Å². The molecule has 178 valence electrons. The first-order valence-corrected chi connectivity index (χ1v) is 12.0. The average molecular weight is 518 g/mol. The summed E-state index contributed by atoms with van der Waals surface area (Å²) in [4.78, 5) is 36.9. The predicted octanol–water partition coefficient (Wildman–Crippen LogP) is 5.20. The highest BCUT2D eigenvalue weighted by atomic mass is 79.9. The van der Waals surface area contributed by atoms with Gasteiger partial charge >= 0.3 is 0 Å². The summed E-state index contributed by atoms with van der Waals surface area (Å²) in [7, 11) is 0. The number of hydrazine groups is 1. The van der Waals surface area contributed by atoms with Crippen molar-refractivity contribution in [3.63, 3.8) is 0 Å². The molecule has 3 amide bonds. The highest BCUT2D eigenvalue weighted by Crippen LogP contribution is 2.23. The molecule has 2 aromatic carbocycles. The number of ether oxygens (including phenoxy) is 1. The van der Waals surface area contributed by atoms with Gasteiger partial charge in [-0.25, -0.2) is 0 Å². The highest BCUT2D eigenvalue weighted by Gasteiger charge is 2.15. The summed E-state index contributed by atoms with van der Waals surface area (Å²) >= 11 is 3.36. The number of hydrogen-bond donors (Lipinski definition) is 3. The van der Waals surface area contributed by atoms with Crippen LogP contribution in [-0.4, -0.2) is 24.3 Å². The van der Waals surface area contributed by atoms with Crippen molar-refractivity contribution in [2.24, 2.45) is 0 Å². The van der Waals surface area contributed by atoms with E-state index in [0.717, 1.165) is 47.0 Å². The zero-order chi connectivity index (χ0) is 24.2. The van der Waals surface area contributed by atoms with Crippen molar-refractivity contribution in [1.29, 1.82) is 0 Å². The zero-order valence-electron chi connectivity index (χ0n) is 19.4. The van der Waals surface area contributed by atoms with Gasteiger partial charge in [-0.2, -0.15) is 0 Å². The third kappa shape index (κ3) is 9.26. The highest BCUT2D eigenvalue weighted by molar-refractivity contribution is 9.10. The molecule has 0 spiro atoms. The fraction of sp³-hybridized carbons (Fsp3) is 0.400. The van der Waals surface area contributed by atoms with Crippen molar-refractivity contribution in [3.05, 3.63) is 57.6 Å². The largest absolute Gasteiger partial charge is 0.493 e. The van der Waals surface area contributed by atoms with Gasteiger partial charge in [-0.05, 0) is 50.1 Å². The number of unbranched alkanes of at least 4 members (excludes halogenated alkanes) is 3. The van der Waals surface area contributed by atoms with Crippen LogP contribution in [0, 0.1) is 13.8 Å². The average Bonchev–Trinajstić information content (AvgIpc) is 2.78. The molecule has 0 unspecified atom stereocenters. The van der Waals surface area contributed by atoms with Crippen molar-refractivity contribution < 1.29 is 19.1 Å². The molecular weight excluding hydrogens is 486 g/mol. The summed E-state index contributed by atoms with van der Waals surface area (Å²) in [5, 5.41) is 2.80. The quantitative estimate of drug-likeness (QED) is 0.281. The van der Waals surface area contributed by atoms with E-state index in [-0.39, 0.29) is 18.7 Å². The molecule has 0 saturated heterocycles. The SMILES string of the molecule is CCCCCCOc1ccc(Br)cc1C(=O)NNC(=O)CCC(=O)Nc1ccc(C)cc1C. The Morgan fingerprint density at radius 1 is 0.909 bits per heavy atom. The minimum Gasteiger partial charge on any atom is -0.493 e. The Bertz CT molecular complexity index is 978. The summed E-state index contributed by atoms with van der Waals surface area (Å²) in [5.74, 6) is -0.771. The molecule has 0 fully saturated rings. The lowest BCUT2D eigenvalue weighted by Crippen LogP contribution is -2.42. The first kappa shape index (κ1) is 26.4. The fourth-order valence-corrected chi connectivity index (χ4v) is 3.53. The molecule has 7 nitrogen and oxygen atoms in total. The van der Waals surface area contributed by atoms with Crippen LogP contribution in [0.25, 0.3) is 0 Å². The molecular formula is C25H32BrN3O4. The first-order valence-electron chi connectivity index (χ1n) is 11.2. The van der Waals surface area contributed by atoms with Crippen LogP contribution in [0.3, 0.4) is 0 Å². The van der Waals surface area contributed by atoms with Crippen LogP contribution in [0.2, 0.25) is 0 Å². The number of rotatable bonds is 11. The van der Waals surface area contributed by atoms with Gasteiger partial charge in [0, 0.05) is 23.0 Å². The Labute approximate surface area is 203 Å². The van der Waals surface area contributed by atoms with E-state index in [9.17, 15) is 14.4 Å². The maximum Gasteiger partial charge on any atom is 0.273 e. The van der Waals surface area contributed by atoms with Gasteiger partial charge in [-0.15, -0.1) is 0 Å². The lowest BCUT2D eigenvalue weighted by atomic mass is 10.1. The van der Waals surface area contributed by atoms with Crippen LogP contribution < -0.4 is 20.9 Å². The number of carbonyl (C=O) groups is 3. The Balaban J connectivity index is 1.81. The number of hydrogen-bond acceptors (Lipinski definition) is 4. The van der Waals surface area contributed by atoms with Gasteiger partial charge in [-0.1, -0.05) is 59.8 Å². The topological polar surface area (TPSA) is 96.5 Å². The number of halogens is 1. The Morgan fingerprint density at radius 3 is 2.39 bits per heavy atom. The van der Waals surface area contributed by atoms with Gasteiger partial charge in [0.15, 0.2) is 0 Å². The molecule has 0 bridgehead atoms. The molecule has 8 heteroatoms. The standard InChI is InChI=1S/C25H32BrN3O4/c1-4-5-6-7-14-33-22-11-9-19(26)16-20(22)25(32)29-28-24(31)13-12-23(30)27-21-10-8-17(2)15-18(21)3/h8-11,15-16H,4-7,12-14H2,1-3H3,(H,27,30)(H,28,31)(H,29,32). The van der Waals surface area contributed by atoms with E-state index >= 15 is 0 Å². The normalized spacial score (nSPS) is 10.4. The van der Waals surface area contributed by atoms with Crippen LogP contribution in [0.5, 0.6) is 5.75 Å². The van der Waals surface area contributed by atoms with Crippen LogP contribution >= 0.6 is 15.9 Å². The fourth-order valence-electron chi connectivity index (χ4n) is 3.17. The van der Waals surface area contributed by atoms with E-state index in [1.807, 2.05) is 32.0 Å². The van der Waals surface area contributed by atoms with Crippen LogP contribution in [0.15, 0.2) is 40.9 Å². The zero-order valence-corrected chi connectivity index (χ0v) is 21.0. The molecule has 3 N–H and O–H groups in total. The van der Waals surface area contributed by atoms with Gasteiger partial charge < -0.3 is 10.1 Å². The van der Waals surface area contributed by atoms with E-state index in [4.69, 9.17) is 4.74 Å². The van der Waals surface area contributed by atoms with E-state index in [2.05, 4.69) is 39.0 Å². The summed E-state index contributed by atoms with van der Waals surface area (Å²) in [5.41, 5.74) is 7.85. The molecule has 2 rings (SSSR count). The number of nitrogens with one attached hydrogen (secondary N) is 3. The summed E-state index contributed by atoms with van der Waals surface area (Å²) in [6, 6.07) is 10.9. The molecule has 0 aliphatic rings.